The van der Waals surface area contributed by atoms with Crippen LogP contribution in [0, 0.1) is 0 Å². The molecule has 1 aromatic heterocycles. The molecule has 2 aromatic rings. The number of aromatic nitrogens is 3. The second-order valence-electron chi connectivity index (χ2n) is 7.10. The summed E-state index contributed by atoms with van der Waals surface area (Å²) in [5, 5.41) is 4.41. The van der Waals surface area contributed by atoms with E-state index < -0.39 is 5.60 Å². The molecule has 2 heterocycles. The van der Waals surface area contributed by atoms with Crippen LogP contribution in [0.3, 0.4) is 0 Å². The van der Waals surface area contributed by atoms with Crippen molar-refractivity contribution in [1.29, 1.82) is 0 Å². The lowest BCUT2D eigenvalue weighted by Gasteiger charge is -2.35. The van der Waals surface area contributed by atoms with Crippen molar-refractivity contribution in [2.75, 3.05) is 38.2 Å². The maximum Gasteiger partial charge on any atom is 0.410 e. The summed E-state index contributed by atoms with van der Waals surface area (Å²) >= 11 is 0. The Bertz CT molecular complexity index is 746. The molecule has 8 heteroatoms. The van der Waals surface area contributed by atoms with Crippen LogP contribution in [0.2, 0.25) is 0 Å². The van der Waals surface area contributed by atoms with Gasteiger partial charge >= 0.3 is 12.1 Å². The van der Waals surface area contributed by atoms with Gasteiger partial charge in [-0.05, 0) is 32.9 Å². The Hall–Kier alpha value is -2.77. The maximum absolute atomic E-state index is 12.2. The van der Waals surface area contributed by atoms with E-state index in [0.29, 0.717) is 38.1 Å². The lowest BCUT2D eigenvalue weighted by molar-refractivity contribution is 0.0240. The molecule has 0 saturated carbocycles. The largest absolute Gasteiger partial charge is 0.466 e. The molecule has 0 N–H and O–H groups in total. The highest BCUT2D eigenvalue weighted by atomic mass is 16.6. The molecule has 0 atom stereocenters. The fourth-order valence-electron chi connectivity index (χ4n) is 2.73. The van der Waals surface area contributed by atoms with Crippen LogP contribution in [0.1, 0.15) is 20.8 Å². The standard InChI is InChI=1S/C18H25N5O3/c1-18(2,3)26-17(24)22-12-10-21(11-13-22)16-19-15(25-4)20-23(16)14-8-6-5-7-9-14/h5-9H,10-13H2,1-4H3. The monoisotopic (exact) mass is 359 g/mol. The molecular weight excluding hydrogens is 334 g/mol. The van der Waals surface area contributed by atoms with Gasteiger partial charge in [0.25, 0.3) is 0 Å². The van der Waals surface area contributed by atoms with Crippen LogP contribution in [0.15, 0.2) is 30.3 Å². The average molecular weight is 359 g/mol. The van der Waals surface area contributed by atoms with Crippen LogP contribution in [0.4, 0.5) is 10.7 Å². The molecular formula is C18H25N5O3. The number of amides is 1. The third-order valence-electron chi connectivity index (χ3n) is 3.97. The van der Waals surface area contributed by atoms with Crippen molar-refractivity contribution in [1.82, 2.24) is 19.7 Å². The first-order chi connectivity index (χ1) is 12.4. The predicted octanol–water partition coefficient (Wildman–Crippen LogP) is 2.33. The van der Waals surface area contributed by atoms with Gasteiger partial charge in [-0.25, -0.2) is 4.79 Å². The predicted molar refractivity (Wildman–Crippen MR) is 97.9 cm³/mol. The second-order valence-corrected chi connectivity index (χ2v) is 7.10. The smallest absolute Gasteiger partial charge is 0.410 e. The van der Waals surface area contributed by atoms with Crippen molar-refractivity contribution in [3.63, 3.8) is 0 Å². The van der Waals surface area contributed by atoms with Gasteiger partial charge in [-0.15, -0.1) is 5.10 Å². The van der Waals surface area contributed by atoms with E-state index in [1.165, 1.54) is 0 Å². The van der Waals surface area contributed by atoms with E-state index in [0.717, 1.165) is 5.69 Å². The lowest BCUT2D eigenvalue weighted by Crippen LogP contribution is -2.50. The number of methoxy groups -OCH3 is 1. The van der Waals surface area contributed by atoms with Crippen molar-refractivity contribution in [2.24, 2.45) is 0 Å². The van der Waals surface area contributed by atoms with Gasteiger partial charge in [0, 0.05) is 26.2 Å². The van der Waals surface area contributed by atoms with Crippen LogP contribution in [-0.2, 0) is 4.74 Å². The van der Waals surface area contributed by atoms with Crippen LogP contribution in [0.5, 0.6) is 6.01 Å². The fraction of sp³-hybridized carbons (Fsp3) is 0.500. The van der Waals surface area contributed by atoms with Crippen molar-refractivity contribution < 1.29 is 14.3 Å². The van der Waals surface area contributed by atoms with Gasteiger partial charge in [-0.1, -0.05) is 18.2 Å². The van der Waals surface area contributed by atoms with Crippen LogP contribution in [-0.4, -0.2) is 64.6 Å². The average Bonchev–Trinajstić information content (AvgIpc) is 3.06. The van der Waals surface area contributed by atoms with Crippen molar-refractivity contribution in [2.45, 2.75) is 26.4 Å². The summed E-state index contributed by atoms with van der Waals surface area (Å²) in [4.78, 5) is 20.5. The highest BCUT2D eigenvalue weighted by molar-refractivity contribution is 5.68. The van der Waals surface area contributed by atoms with Gasteiger partial charge < -0.3 is 19.3 Å². The molecule has 0 radical (unpaired) electrons. The number of rotatable bonds is 3. The zero-order chi connectivity index (χ0) is 18.7. The highest BCUT2D eigenvalue weighted by Gasteiger charge is 2.28. The normalized spacial score (nSPS) is 15.1. The summed E-state index contributed by atoms with van der Waals surface area (Å²) in [7, 11) is 1.55. The number of carbonyl (C=O) groups is 1. The first-order valence-electron chi connectivity index (χ1n) is 8.67. The van der Waals surface area contributed by atoms with E-state index in [9.17, 15) is 4.79 Å². The van der Waals surface area contributed by atoms with E-state index in [1.807, 2.05) is 51.1 Å². The molecule has 1 amide bonds. The number of hydrogen-bond acceptors (Lipinski definition) is 6. The molecule has 1 aromatic carbocycles. The SMILES string of the molecule is COc1nc(N2CCN(C(=O)OC(C)(C)C)CC2)n(-c2ccccc2)n1. The third kappa shape index (κ3) is 4.07. The molecule has 0 bridgehead atoms. The van der Waals surface area contributed by atoms with Gasteiger partial charge in [-0.2, -0.15) is 9.67 Å². The van der Waals surface area contributed by atoms with Gasteiger partial charge in [-0.3, -0.25) is 0 Å². The number of anilines is 1. The number of hydrogen-bond donors (Lipinski definition) is 0. The molecule has 3 rings (SSSR count). The van der Waals surface area contributed by atoms with E-state index in [2.05, 4.69) is 15.0 Å². The lowest BCUT2D eigenvalue weighted by atomic mass is 10.2. The third-order valence-corrected chi connectivity index (χ3v) is 3.97. The number of benzene rings is 1. The van der Waals surface area contributed by atoms with Crippen molar-refractivity contribution in [3.8, 4) is 11.7 Å². The quantitative estimate of drug-likeness (QED) is 0.837. The molecule has 0 spiro atoms. The second kappa shape index (κ2) is 7.23. The van der Waals surface area contributed by atoms with Gasteiger partial charge in [0.1, 0.15) is 5.60 Å². The first-order valence-corrected chi connectivity index (χ1v) is 8.67. The van der Waals surface area contributed by atoms with Gasteiger partial charge in [0.15, 0.2) is 0 Å². The van der Waals surface area contributed by atoms with Gasteiger partial charge in [0.05, 0.1) is 12.8 Å². The summed E-state index contributed by atoms with van der Waals surface area (Å²) in [6.45, 7) is 8.04. The summed E-state index contributed by atoms with van der Waals surface area (Å²) in [5.41, 5.74) is 0.419. The van der Waals surface area contributed by atoms with Crippen LogP contribution >= 0.6 is 0 Å². The number of piperazine rings is 1. The number of nitrogens with zero attached hydrogens (tertiary/aromatic N) is 5. The first kappa shape index (κ1) is 18.0. The molecule has 0 aliphatic carbocycles. The van der Waals surface area contributed by atoms with E-state index in [4.69, 9.17) is 9.47 Å². The summed E-state index contributed by atoms with van der Waals surface area (Å²) in [6.07, 6.45) is -0.278. The maximum atomic E-state index is 12.2. The van der Waals surface area contributed by atoms with E-state index >= 15 is 0 Å². The number of carbonyl (C=O) groups excluding carboxylic acids is 1. The molecule has 1 saturated heterocycles. The Morgan fingerprint density at radius 1 is 1.08 bits per heavy atom. The molecule has 1 aliphatic heterocycles. The minimum absolute atomic E-state index is 0.278. The Kier molecular flexibility index (Phi) is 5.01. The summed E-state index contributed by atoms with van der Waals surface area (Å²) in [5.74, 6) is 0.705. The van der Waals surface area contributed by atoms with Crippen LogP contribution in [0.25, 0.3) is 5.69 Å². The zero-order valence-electron chi connectivity index (χ0n) is 15.7. The van der Waals surface area contributed by atoms with E-state index in [1.54, 1.807) is 16.7 Å². The molecule has 1 fully saturated rings. The topological polar surface area (TPSA) is 72.7 Å². The molecule has 1 aliphatic rings. The zero-order valence-corrected chi connectivity index (χ0v) is 15.7. The minimum Gasteiger partial charge on any atom is -0.466 e. The fourth-order valence-corrected chi connectivity index (χ4v) is 2.73. The molecule has 8 nitrogen and oxygen atoms in total. The van der Waals surface area contributed by atoms with Gasteiger partial charge in [0.2, 0.25) is 5.95 Å². The van der Waals surface area contributed by atoms with Crippen LogP contribution < -0.4 is 9.64 Å². The molecule has 26 heavy (non-hydrogen) atoms. The number of ether oxygens (including phenoxy) is 2. The minimum atomic E-state index is -0.491. The summed E-state index contributed by atoms with van der Waals surface area (Å²) < 4.78 is 12.4. The van der Waals surface area contributed by atoms with E-state index in [-0.39, 0.29) is 6.09 Å². The Morgan fingerprint density at radius 3 is 2.31 bits per heavy atom. The number of para-hydroxylation sites is 1. The Morgan fingerprint density at radius 2 is 1.73 bits per heavy atom. The highest BCUT2D eigenvalue weighted by Crippen LogP contribution is 2.22. The Balaban J connectivity index is 1.74. The molecule has 0 unspecified atom stereocenters. The Labute approximate surface area is 153 Å². The summed E-state index contributed by atoms with van der Waals surface area (Å²) in [6, 6.07) is 10.1. The molecule has 140 valence electrons. The van der Waals surface area contributed by atoms with Crippen molar-refractivity contribution >= 4 is 12.0 Å². The van der Waals surface area contributed by atoms with Crippen molar-refractivity contribution in [3.05, 3.63) is 30.3 Å².